The standard InChI is InChI=1S/C23H28N2O6S/c1-24-32(27,28)19-6-2-17(3-7-19)4-9-22(26)25-15-23(10-12-29-13-11-23)18-5-8-20-21(14-18)31-16-30-20/h2-3,5-8,14,24H,4,9-13,15-16H2,1H3,(H,25,26). The Balaban J connectivity index is 1.37. The Kier molecular flexibility index (Phi) is 6.68. The van der Waals surface area contributed by atoms with E-state index in [4.69, 9.17) is 14.2 Å². The predicted molar refractivity (Wildman–Crippen MR) is 118 cm³/mol. The van der Waals surface area contributed by atoms with Crippen LogP contribution in [0.2, 0.25) is 0 Å². The summed E-state index contributed by atoms with van der Waals surface area (Å²) in [5.41, 5.74) is 1.82. The number of carbonyl (C=O) groups is 1. The highest BCUT2D eigenvalue weighted by atomic mass is 32.2. The minimum Gasteiger partial charge on any atom is -0.454 e. The molecule has 8 nitrogen and oxygen atoms in total. The lowest BCUT2D eigenvalue weighted by atomic mass is 9.74. The lowest BCUT2D eigenvalue weighted by Gasteiger charge is -2.38. The van der Waals surface area contributed by atoms with Gasteiger partial charge < -0.3 is 19.5 Å². The number of amides is 1. The van der Waals surface area contributed by atoms with Crippen LogP contribution in [0.5, 0.6) is 11.5 Å². The van der Waals surface area contributed by atoms with E-state index in [-0.39, 0.29) is 23.0 Å². The average Bonchev–Trinajstić information content (AvgIpc) is 3.30. The van der Waals surface area contributed by atoms with Gasteiger partial charge in [0.1, 0.15) is 0 Å². The molecule has 0 saturated carbocycles. The maximum Gasteiger partial charge on any atom is 0.240 e. The normalized spacial score (nSPS) is 17.2. The molecular formula is C23H28N2O6S. The summed E-state index contributed by atoms with van der Waals surface area (Å²) in [5.74, 6) is 1.44. The zero-order valence-corrected chi connectivity index (χ0v) is 18.9. The van der Waals surface area contributed by atoms with Crippen LogP contribution in [0.3, 0.4) is 0 Å². The lowest BCUT2D eigenvalue weighted by molar-refractivity contribution is -0.121. The van der Waals surface area contributed by atoms with Gasteiger partial charge in [-0.2, -0.15) is 0 Å². The summed E-state index contributed by atoms with van der Waals surface area (Å²) in [4.78, 5) is 12.8. The van der Waals surface area contributed by atoms with Gasteiger partial charge in [-0.25, -0.2) is 13.1 Å². The van der Waals surface area contributed by atoms with E-state index >= 15 is 0 Å². The van der Waals surface area contributed by atoms with E-state index in [9.17, 15) is 13.2 Å². The highest BCUT2D eigenvalue weighted by molar-refractivity contribution is 7.89. The van der Waals surface area contributed by atoms with Crippen LogP contribution in [-0.4, -0.2) is 47.9 Å². The first-order valence-electron chi connectivity index (χ1n) is 10.7. The third-order valence-electron chi connectivity index (χ3n) is 6.20. The molecule has 2 aromatic rings. The van der Waals surface area contributed by atoms with E-state index in [1.165, 1.54) is 7.05 Å². The van der Waals surface area contributed by atoms with Crippen LogP contribution < -0.4 is 19.5 Å². The fraction of sp³-hybridized carbons (Fsp3) is 0.435. The number of fused-ring (bicyclic) bond motifs is 1. The Morgan fingerprint density at radius 1 is 1.03 bits per heavy atom. The van der Waals surface area contributed by atoms with Crippen molar-refractivity contribution in [2.24, 2.45) is 0 Å². The van der Waals surface area contributed by atoms with Gasteiger partial charge in [-0.3, -0.25) is 4.79 Å². The van der Waals surface area contributed by atoms with Gasteiger partial charge in [0.25, 0.3) is 0 Å². The summed E-state index contributed by atoms with van der Waals surface area (Å²) >= 11 is 0. The SMILES string of the molecule is CNS(=O)(=O)c1ccc(CCC(=O)NCC2(c3ccc4c(c3)OCO4)CCOCC2)cc1. The van der Waals surface area contributed by atoms with Crippen molar-refractivity contribution in [2.75, 3.05) is 33.6 Å². The fourth-order valence-electron chi connectivity index (χ4n) is 4.12. The topological polar surface area (TPSA) is 103 Å². The predicted octanol–water partition coefficient (Wildman–Crippen LogP) is 2.12. The van der Waals surface area contributed by atoms with E-state index in [1.807, 2.05) is 18.2 Å². The van der Waals surface area contributed by atoms with Crippen LogP contribution in [0.15, 0.2) is 47.4 Å². The smallest absolute Gasteiger partial charge is 0.240 e. The minimum absolute atomic E-state index is 0.0384. The van der Waals surface area contributed by atoms with Gasteiger partial charge in [-0.15, -0.1) is 0 Å². The van der Waals surface area contributed by atoms with Crippen molar-refractivity contribution in [3.8, 4) is 11.5 Å². The first-order valence-corrected chi connectivity index (χ1v) is 12.2. The van der Waals surface area contributed by atoms with Gasteiger partial charge in [0.05, 0.1) is 4.90 Å². The van der Waals surface area contributed by atoms with Gasteiger partial charge in [-0.1, -0.05) is 18.2 Å². The molecule has 1 amide bonds. The highest BCUT2D eigenvalue weighted by Gasteiger charge is 2.36. The zero-order valence-electron chi connectivity index (χ0n) is 18.1. The second kappa shape index (κ2) is 9.48. The third-order valence-corrected chi connectivity index (χ3v) is 7.63. The Hall–Kier alpha value is -2.62. The molecule has 1 saturated heterocycles. The average molecular weight is 461 g/mol. The molecule has 4 rings (SSSR count). The fourth-order valence-corrected chi connectivity index (χ4v) is 4.85. The molecule has 0 atom stereocenters. The van der Waals surface area contributed by atoms with Gasteiger partial charge in [-0.05, 0) is 61.7 Å². The summed E-state index contributed by atoms with van der Waals surface area (Å²) in [7, 11) is -2.08. The number of ether oxygens (including phenoxy) is 3. The van der Waals surface area contributed by atoms with E-state index in [2.05, 4.69) is 10.0 Å². The number of rotatable bonds is 8. The van der Waals surface area contributed by atoms with Gasteiger partial charge in [0.15, 0.2) is 11.5 Å². The molecular weight excluding hydrogens is 432 g/mol. The number of sulfonamides is 1. The monoisotopic (exact) mass is 460 g/mol. The Morgan fingerprint density at radius 3 is 2.47 bits per heavy atom. The summed E-state index contributed by atoms with van der Waals surface area (Å²) in [6.07, 6.45) is 2.49. The molecule has 172 valence electrons. The first kappa shape index (κ1) is 22.6. The molecule has 2 aliphatic heterocycles. The van der Waals surface area contributed by atoms with Crippen molar-refractivity contribution in [3.63, 3.8) is 0 Å². The molecule has 2 aromatic carbocycles. The summed E-state index contributed by atoms with van der Waals surface area (Å²) in [5, 5.41) is 3.10. The molecule has 32 heavy (non-hydrogen) atoms. The minimum atomic E-state index is -3.46. The van der Waals surface area contributed by atoms with Crippen LogP contribution in [-0.2, 0) is 31.4 Å². The molecule has 1 fully saturated rings. The Bertz CT molecular complexity index is 1060. The van der Waals surface area contributed by atoms with E-state index < -0.39 is 10.0 Å². The second-order valence-corrected chi connectivity index (χ2v) is 9.98. The van der Waals surface area contributed by atoms with E-state index in [0.717, 1.165) is 35.5 Å². The molecule has 2 N–H and O–H groups in total. The number of benzene rings is 2. The maximum absolute atomic E-state index is 12.6. The summed E-state index contributed by atoms with van der Waals surface area (Å²) < 4.78 is 42.5. The number of aryl methyl sites for hydroxylation is 1. The van der Waals surface area contributed by atoms with Crippen molar-refractivity contribution < 1.29 is 27.4 Å². The lowest BCUT2D eigenvalue weighted by Crippen LogP contribution is -2.44. The van der Waals surface area contributed by atoms with Crippen molar-refractivity contribution in [1.29, 1.82) is 0 Å². The van der Waals surface area contributed by atoms with Crippen molar-refractivity contribution in [2.45, 2.75) is 36.0 Å². The summed E-state index contributed by atoms with van der Waals surface area (Å²) in [6.45, 7) is 2.04. The number of carbonyl (C=O) groups excluding carboxylic acids is 1. The van der Waals surface area contributed by atoms with Crippen molar-refractivity contribution in [3.05, 3.63) is 53.6 Å². The van der Waals surface area contributed by atoms with Crippen LogP contribution in [0, 0.1) is 0 Å². The quantitative estimate of drug-likeness (QED) is 0.626. The number of nitrogens with one attached hydrogen (secondary N) is 2. The van der Waals surface area contributed by atoms with Gasteiger partial charge in [0, 0.05) is 31.6 Å². The Labute approximate surface area is 188 Å². The molecule has 0 unspecified atom stereocenters. The van der Waals surface area contributed by atoms with E-state index in [0.29, 0.717) is 32.6 Å². The molecule has 0 aromatic heterocycles. The maximum atomic E-state index is 12.6. The highest BCUT2D eigenvalue weighted by Crippen LogP contribution is 2.40. The molecule has 0 spiro atoms. The second-order valence-electron chi connectivity index (χ2n) is 8.09. The zero-order chi connectivity index (χ0) is 22.6. The molecule has 0 bridgehead atoms. The van der Waals surface area contributed by atoms with Crippen LogP contribution in [0.1, 0.15) is 30.4 Å². The summed E-state index contributed by atoms with van der Waals surface area (Å²) in [6, 6.07) is 12.6. The Morgan fingerprint density at radius 2 is 1.75 bits per heavy atom. The molecule has 0 radical (unpaired) electrons. The van der Waals surface area contributed by atoms with Crippen LogP contribution >= 0.6 is 0 Å². The number of hydrogen-bond donors (Lipinski definition) is 2. The van der Waals surface area contributed by atoms with E-state index in [1.54, 1.807) is 24.3 Å². The van der Waals surface area contributed by atoms with Gasteiger partial charge >= 0.3 is 0 Å². The molecule has 0 aliphatic carbocycles. The largest absolute Gasteiger partial charge is 0.454 e. The van der Waals surface area contributed by atoms with Crippen LogP contribution in [0.25, 0.3) is 0 Å². The van der Waals surface area contributed by atoms with Crippen LogP contribution in [0.4, 0.5) is 0 Å². The molecule has 9 heteroatoms. The number of hydrogen-bond acceptors (Lipinski definition) is 6. The van der Waals surface area contributed by atoms with Gasteiger partial charge in [0.2, 0.25) is 22.7 Å². The molecule has 2 aliphatic rings. The van der Waals surface area contributed by atoms with Crippen molar-refractivity contribution in [1.82, 2.24) is 10.0 Å². The van der Waals surface area contributed by atoms with Crippen molar-refractivity contribution >= 4 is 15.9 Å². The molecule has 2 heterocycles. The first-order chi connectivity index (χ1) is 15.4. The third kappa shape index (κ3) is 4.90.